The normalized spacial score (nSPS) is 23.8. The molecule has 2 aliphatic rings. The summed E-state index contributed by atoms with van der Waals surface area (Å²) in [6.45, 7) is 2.37. The van der Waals surface area contributed by atoms with Gasteiger partial charge in [-0.3, -0.25) is 0 Å². The van der Waals surface area contributed by atoms with Gasteiger partial charge in [-0.2, -0.15) is 0 Å². The van der Waals surface area contributed by atoms with Crippen molar-refractivity contribution in [2.45, 2.75) is 44.4 Å². The lowest BCUT2D eigenvalue weighted by Crippen LogP contribution is -2.48. The number of nitrogens with zero attached hydrogens (tertiary/aromatic N) is 1. The molecule has 0 radical (unpaired) electrons. The number of nitrogens with one attached hydrogen (secondary N) is 2. The zero-order valence-electron chi connectivity index (χ0n) is 13.4. The van der Waals surface area contributed by atoms with Crippen LogP contribution in [0.5, 0.6) is 0 Å². The summed E-state index contributed by atoms with van der Waals surface area (Å²) >= 11 is 0. The molecule has 1 saturated carbocycles. The van der Waals surface area contributed by atoms with E-state index in [1.807, 2.05) is 12.1 Å². The fourth-order valence-corrected chi connectivity index (χ4v) is 3.23. The van der Waals surface area contributed by atoms with E-state index in [1.165, 1.54) is 5.69 Å². The highest BCUT2D eigenvalue weighted by atomic mass is 16.3. The first-order valence-electron chi connectivity index (χ1n) is 8.44. The molecular formula is C18H25N3O2. The van der Waals surface area contributed by atoms with E-state index in [1.54, 1.807) is 0 Å². The van der Waals surface area contributed by atoms with Crippen molar-refractivity contribution in [1.29, 1.82) is 0 Å². The summed E-state index contributed by atoms with van der Waals surface area (Å²) in [4.78, 5) is 14.3. The molecule has 124 valence electrons. The molecule has 5 nitrogen and oxygen atoms in total. The Balaban J connectivity index is 1.49. The molecule has 2 atom stereocenters. The van der Waals surface area contributed by atoms with Crippen LogP contribution >= 0.6 is 0 Å². The number of aliphatic hydroxyl groups is 1. The summed E-state index contributed by atoms with van der Waals surface area (Å²) in [5, 5.41) is 15.7. The molecule has 1 fully saturated rings. The second kappa shape index (κ2) is 7.51. The zero-order chi connectivity index (χ0) is 16.1. The molecule has 2 unspecified atom stereocenters. The molecule has 0 saturated heterocycles. The second-order valence-corrected chi connectivity index (χ2v) is 6.33. The van der Waals surface area contributed by atoms with Crippen molar-refractivity contribution in [2.24, 2.45) is 0 Å². The number of rotatable bonds is 4. The highest BCUT2D eigenvalue weighted by molar-refractivity contribution is 5.74. The second-order valence-electron chi connectivity index (χ2n) is 6.33. The van der Waals surface area contributed by atoms with Crippen molar-refractivity contribution in [3.05, 3.63) is 42.0 Å². The third kappa shape index (κ3) is 4.26. The molecule has 1 aromatic rings. The standard InChI is InChI=1S/C18H25N3O2/c22-17-9-2-1-8-16(17)20-18(23)19-13-14-6-5-7-15(12-14)21-10-3-4-11-21/h3-7,12,16-17,22H,1-2,8-11,13H2,(H2,19,20,23). The van der Waals surface area contributed by atoms with E-state index in [0.29, 0.717) is 6.54 Å². The molecule has 23 heavy (non-hydrogen) atoms. The number of anilines is 1. The van der Waals surface area contributed by atoms with Crippen molar-refractivity contribution in [3.63, 3.8) is 0 Å². The number of amides is 2. The minimum Gasteiger partial charge on any atom is -0.391 e. The van der Waals surface area contributed by atoms with Crippen LogP contribution in [0.25, 0.3) is 0 Å². The van der Waals surface area contributed by atoms with Gasteiger partial charge in [-0.1, -0.05) is 37.1 Å². The summed E-state index contributed by atoms with van der Waals surface area (Å²) in [5.74, 6) is 0. The Morgan fingerprint density at radius 3 is 2.78 bits per heavy atom. The number of aliphatic hydroxyl groups excluding tert-OH is 1. The Morgan fingerprint density at radius 2 is 2.00 bits per heavy atom. The summed E-state index contributed by atoms with van der Waals surface area (Å²) in [6.07, 6.45) is 7.64. The van der Waals surface area contributed by atoms with Gasteiger partial charge < -0.3 is 20.6 Å². The van der Waals surface area contributed by atoms with Gasteiger partial charge in [0, 0.05) is 25.3 Å². The van der Waals surface area contributed by atoms with Crippen LogP contribution in [0.3, 0.4) is 0 Å². The average Bonchev–Trinajstić information content (AvgIpc) is 3.10. The highest BCUT2D eigenvalue weighted by Gasteiger charge is 2.24. The molecule has 5 heteroatoms. The molecule has 3 N–H and O–H groups in total. The number of benzene rings is 1. The van der Waals surface area contributed by atoms with E-state index in [0.717, 1.165) is 44.3 Å². The predicted octanol–water partition coefficient (Wildman–Crippen LogP) is 2.17. The lowest BCUT2D eigenvalue weighted by atomic mass is 9.93. The zero-order valence-corrected chi connectivity index (χ0v) is 13.4. The largest absolute Gasteiger partial charge is 0.391 e. The van der Waals surface area contributed by atoms with Crippen LogP contribution in [0, 0.1) is 0 Å². The molecule has 3 rings (SSSR count). The maximum absolute atomic E-state index is 12.0. The van der Waals surface area contributed by atoms with Gasteiger partial charge in [0.05, 0.1) is 12.1 Å². The molecule has 0 bridgehead atoms. The first kappa shape index (κ1) is 15.9. The topological polar surface area (TPSA) is 64.6 Å². The van der Waals surface area contributed by atoms with Crippen LogP contribution in [0.2, 0.25) is 0 Å². The van der Waals surface area contributed by atoms with E-state index in [2.05, 4.69) is 39.8 Å². The monoisotopic (exact) mass is 315 g/mol. The molecule has 0 aromatic heterocycles. The maximum Gasteiger partial charge on any atom is 0.315 e. The van der Waals surface area contributed by atoms with Gasteiger partial charge in [-0.15, -0.1) is 0 Å². The van der Waals surface area contributed by atoms with E-state index in [9.17, 15) is 9.90 Å². The lowest BCUT2D eigenvalue weighted by molar-refractivity contribution is 0.0943. The summed E-state index contributed by atoms with van der Waals surface area (Å²) in [5.41, 5.74) is 2.26. The number of urea groups is 1. The van der Waals surface area contributed by atoms with Gasteiger partial charge in [0.1, 0.15) is 0 Å². The van der Waals surface area contributed by atoms with Crippen molar-refractivity contribution in [1.82, 2.24) is 10.6 Å². The third-order valence-electron chi connectivity index (χ3n) is 4.59. The van der Waals surface area contributed by atoms with Crippen LogP contribution < -0.4 is 15.5 Å². The molecule has 1 aromatic carbocycles. The number of hydrogen-bond acceptors (Lipinski definition) is 3. The quantitative estimate of drug-likeness (QED) is 0.746. The van der Waals surface area contributed by atoms with Crippen molar-refractivity contribution >= 4 is 11.7 Å². The Labute approximate surface area is 137 Å². The van der Waals surface area contributed by atoms with Crippen LogP contribution in [-0.4, -0.2) is 36.4 Å². The van der Waals surface area contributed by atoms with Crippen molar-refractivity contribution < 1.29 is 9.90 Å². The summed E-state index contributed by atoms with van der Waals surface area (Å²) in [7, 11) is 0. The van der Waals surface area contributed by atoms with Crippen molar-refractivity contribution in [3.8, 4) is 0 Å². The Bertz CT molecular complexity index is 565. The minimum atomic E-state index is -0.416. The minimum absolute atomic E-state index is 0.120. The number of hydrogen-bond donors (Lipinski definition) is 3. The van der Waals surface area contributed by atoms with Crippen LogP contribution in [0.15, 0.2) is 36.4 Å². The molecule has 2 amide bonds. The Hall–Kier alpha value is -2.01. The molecule has 1 heterocycles. The van der Waals surface area contributed by atoms with Gasteiger partial charge >= 0.3 is 6.03 Å². The van der Waals surface area contributed by atoms with E-state index < -0.39 is 6.10 Å². The van der Waals surface area contributed by atoms with Crippen LogP contribution in [0.1, 0.15) is 31.2 Å². The van der Waals surface area contributed by atoms with Gasteiger partial charge in [-0.25, -0.2) is 4.79 Å². The first-order chi connectivity index (χ1) is 11.2. The summed E-state index contributed by atoms with van der Waals surface area (Å²) in [6, 6.07) is 7.92. The average molecular weight is 315 g/mol. The molecular weight excluding hydrogens is 290 g/mol. The predicted molar refractivity (Wildman–Crippen MR) is 91.4 cm³/mol. The molecule has 0 spiro atoms. The van der Waals surface area contributed by atoms with Gasteiger partial charge in [-0.05, 0) is 30.5 Å². The van der Waals surface area contributed by atoms with Gasteiger partial charge in [0.15, 0.2) is 0 Å². The Kier molecular flexibility index (Phi) is 5.18. The van der Waals surface area contributed by atoms with Gasteiger partial charge in [0.25, 0.3) is 0 Å². The van der Waals surface area contributed by atoms with Crippen LogP contribution in [0.4, 0.5) is 10.5 Å². The number of carbonyl (C=O) groups is 1. The fraction of sp³-hybridized carbons (Fsp3) is 0.500. The highest BCUT2D eigenvalue weighted by Crippen LogP contribution is 2.19. The smallest absolute Gasteiger partial charge is 0.315 e. The number of carbonyl (C=O) groups excluding carboxylic acids is 1. The van der Waals surface area contributed by atoms with Crippen LogP contribution in [-0.2, 0) is 6.54 Å². The Morgan fingerprint density at radius 1 is 1.22 bits per heavy atom. The lowest BCUT2D eigenvalue weighted by Gasteiger charge is -2.28. The van der Waals surface area contributed by atoms with E-state index in [4.69, 9.17) is 0 Å². The fourth-order valence-electron chi connectivity index (χ4n) is 3.23. The maximum atomic E-state index is 12.0. The van der Waals surface area contributed by atoms with E-state index in [-0.39, 0.29) is 12.1 Å². The molecule has 1 aliphatic carbocycles. The summed E-state index contributed by atoms with van der Waals surface area (Å²) < 4.78 is 0. The first-order valence-corrected chi connectivity index (χ1v) is 8.44. The van der Waals surface area contributed by atoms with Crippen molar-refractivity contribution in [2.75, 3.05) is 18.0 Å². The third-order valence-corrected chi connectivity index (χ3v) is 4.59. The molecule has 1 aliphatic heterocycles. The van der Waals surface area contributed by atoms with E-state index >= 15 is 0 Å². The SMILES string of the molecule is O=C(NCc1cccc(N2CC=CC2)c1)NC1CCCCC1O. The van der Waals surface area contributed by atoms with Gasteiger partial charge in [0.2, 0.25) is 0 Å².